The highest BCUT2D eigenvalue weighted by Crippen LogP contribution is 2.26. The normalized spacial score (nSPS) is 14.2. The molecule has 0 aliphatic carbocycles. The van der Waals surface area contributed by atoms with Crippen molar-refractivity contribution in [1.29, 1.82) is 0 Å². The summed E-state index contributed by atoms with van der Waals surface area (Å²) >= 11 is 0. The van der Waals surface area contributed by atoms with E-state index in [0.717, 1.165) is 26.1 Å². The van der Waals surface area contributed by atoms with Crippen LogP contribution in [0.3, 0.4) is 0 Å². The SMILES string of the molecule is CN1CCCc2cc(CNCCCn3cccn3)ccc21. The van der Waals surface area contributed by atoms with Gasteiger partial charge in [-0.3, -0.25) is 4.68 Å². The summed E-state index contributed by atoms with van der Waals surface area (Å²) in [6.45, 7) is 4.14. The summed E-state index contributed by atoms with van der Waals surface area (Å²) in [6.07, 6.45) is 7.43. The van der Waals surface area contributed by atoms with Crippen LogP contribution in [0, 0.1) is 0 Å². The second-order valence-corrected chi connectivity index (χ2v) is 5.79. The minimum atomic E-state index is 0.954. The van der Waals surface area contributed by atoms with Crippen LogP contribution in [0.15, 0.2) is 36.7 Å². The molecule has 0 saturated carbocycles. The third kappa shape index (κ3) is 3.64. The van der Waals surface area contributed by atoms with Gasteiger partial charge in [0.1, 0.15) is 0 Å². The fraction of sp³-hybridized carbons (Fsp3) is 0.471. The van der Waals surface area contributed by atoms with Crippen LogP contribution in [-0.2, 0) is 19.5 Å². The third-order valence-corrected chi connectivity index (χ3v) is 4.12. The molecule has 0 fully saturated rings. The first-order chi connectivity index (χ1) is 10.3. The van der Waals surface area contributed by atoms with Crippen LogP contribution in [0.25, 0.3) is 0 Å². The van der Waals surface area contributed by atoms with E-state index in [1.54, 1.807) is 0 Å². The number of rotatable bonds is 6. The van der Waals surface area contributed by atoms with Crippen LogP contribution >= 0.6 is 0 Å². The van der Waals surface area contributed by atoms with Crippen LogP contribution in [0.2, 0.25) is 0 Å². The number of benzene rings is 1. The predicted octanol–water partition coefficient (Wildman–Crippen LogP) is 2.45. The zero-order valence-corrected chi connectivity index (χ0v) is 12.8. The molecule has 3 rings (SSSR count). The molecule has 0 radical (unpaired) electrons. The van der Waals surface area contributed by atoms with Crippen LogP contribution in [-0.4, -0.2) is 29.9 Å². The van der Waals surface area contributed by atoms with Crippen molar-refractivity contribution in [3.8, 4) is 0 Å². The van der Waals surface area contributed by atoms with E-state index < -0.39 is 0 Å². The fourth-order valence-corrected chi connectivity index (χ4v) is 2.98. The topological polar surface area (TPSA) is 33.1 Å². The first-order valence-corrected chi connectivity index (χ1v) is 7.84. The van der Waals surface area contributed by atoms with Crippen molar-refractivity contribution in [2.45, 2.75) is 32.4 Å². The maximum Gasteiger partial charge on any atom is 0.0489 e. The molecule has 4 nitrogen and oxygen atoms in total. The van der Waals surface area contributed by atoms with Crippen molar-refractivity contribution in [3.05, 3.63) is 47.8 Å². The van der Waals surface area contributed by atoms with Gasteiger partial charge in [0, 0.05) is 44.8 Å². The number of hydrogen-bond acceptors (Lipinski definition) is 3. The van der Waals surface area contributed by atoms with Crippen molar-refractivity contribution >= 4 is 5.69 Å². The van der Waals surface area contributed by atoms with Crippen LogP contribution in [0.5, 0.6) is 0 Å². The number of nitrogens with zero attached hydrogens (tertiary/aromatic N) is 3. The molecule has 1 aliphatic heterocycles. The second kappa shape index (κ2) is 6.76. The summed E-state index contributed by atoms with van der Waals surface area (Å²) in [6, 6.07) is 8.86. The molecule has 0 amide bonds. The molecule has 112 valence electrons. The van der Waals surface area contributed by atoms with Gasteiger partial charge in [0.2, 0.25) is 0 Å². The predicted molar refractivity (Wildman–Crippen MR) is 86.6 cm³/mol. The van der Waals surface area contributed by atoms with Crippen molar-refractivity contribution in [1.82, 2.24) is 15.1 Å². The highest BCUT2D eigenvalue weighted by Gasteiger charge is 2.13. The van der Waals surface area contributed by atoms with Gasteiger partial charge >= 0.3 is 0 Å². The molecule has 0 bridgehead atoms. The molecule has 0 atom stereocenters. The van der Waals surface area contributed by atoms with Crippen molar-refractivity contribution in [2.24, 2.45) is 0 Å². The number of aryl methyl sites for hydroxylation is 2. The van der Waals surface area contributed by atoms with Crippen LogP contribution in [0.4, 0.5) is 5.69 Å². The Labute approximate surface area is 126 Å². The highest BCUT2D eigenvalue weighted by molar-refractivity contribution is 5.56. The number of nitrogens with one attached hydrogen (secondary N) is 1. The van der Waals surface area contributed by atoms with E-state index in [-0.39, 0.29) is 0 Å². The molecule has 1 aliphatic rings. The summed E-state index contributed by atoms with van der Waals surface area (Å²) in [5.74, 6) is 0. The number of hydrogen-bond donors (Lipinski definition) is 1. The molecule has 1 N–H and O–H groups in total. The second-order valence-electron chi connectivity index (χ2n) is 5.79. The zero-order valence-electron chi connectivity index (χ0n) is 12.8. The number of fused-ring (bicyclic) bond motifs is 1. The number of anilines is 1. The Hall–Kier alpha value is -1.81. The van der Waals surface area contributed by atoms with Crippen molar-refractivity contribution in [3.63, 3.8) is 0 Å². The molecule has 2 heterocycles. The van der Waals surface area contributed by atoms with E-state index in [2.05, 4.69) is 40.6 Å². The van der Waals surface area contributed by atoms with Crippen molar-refractivity contribution in [2.75, 3.05) is 25.0 Å². The van der Waals surface area contributed by atoms with E-state index in [0.29, 0.717) is 0 Å². The fourth-order valence-electron chi connectivity index (χ4n) is 2.98. The van der Waals surface area contributed by atoms with E-state index in [1.807, 2.05) is 23.1 Å². The Morgan fingerprint density at radius 3 is 3.14 bits per heavy atom. The maximum atomic E-state index is 4.21. The monoisotopic (exact) mass is 284 g/mol. The maximum absolute atomic E-state index is 4.21. The lowest BCUT2D eigenvalue weighted by Gasteiger charge is -2.27. The zero-order chi connectivity index (χ0) is 14.5. The molecule has 0 spiro atoms. The molecule has 1 aromatic carbocycles. The Balaban J connectivity index is 1.45. The third-order valence-electron chi connectivity index (χ3n) is 4.12. The molecular formula is C17H24N4. The Morgan fingerprint density at radius 1 is 1.33 bits per heavy atom. The smallest absolute Gasteiger partial charge is 0.0489 e. The van der Waals surface area contributed by atoms with Gasteiger partial charge in [-0.25, -0.2) is 0 Å². The molecule has 0 unspecified atom stereocenters. The van der Waals surface area contributed by atoms with Gasteiger partial charge < -0.3 is 10.2 Å². The van der Waals surface area contributed by atoms with E-state index in [9.17, 15) is 0 Å². The minimum Gasteiger partial charge on any atom is -0.374 e. The highest BCUT2D eigenvalue weighted by atomic mass is 15.3. The first kappa shape index (κ1) is 14.1. The van der Waals surface area contributed by atoms with Gasteiger partial charge in [-0.05, 0) is 49.1 Å². The van der Waals surface area contributed by atoms with Gasteiger partial charge in [0.05, 0.1) is 0 Å². The van der Waals surface area contributed by atoms with Crippen molar-refractivity contribution < 1.29 is 0 Å². The quantitative estimate of drug-likeness (QED) is 0.827. The average molecular weight is 284 g/mol. The van der Waals surface area contributed by atoms with E-state index in [4.69, 9.17) is 0 Å². The summed E-state index contributed by atoms with van der Waals surface area (Å²) in [5.41, 5.74) is 4.30. The minimum absolute atomic E-state index is 0.954. The van der Waals surface area contributed by atoms with Gasteiger partial charge in [-0.2, -0.15) is 5.10 Å². The molecule has 0 saturated heterocycles. The molecule has 2 aromatic rings. The number of aromatic nitrogens is 2. The Bertz CT molecular complexity index is 562. The lowest BCUT2D eigenvalue weighted by molar-refractivity contribution is 0.543. The Kier molecular flexibility index (Phi) is 4.55. The van der Waals surface area contributed by atoms with Gasteiger partial charge in [0.25, 0.3) is 0 Å². The molecular weight excluding hydrogens is 260 g/mol. The van der Waals surface area contributed by atoms with Gasteiger partial charge in [-0.1, -0.05) is 12.1 Å². The largest absolute Gasteiger partial charge is 0.374 e. The lowest BCUT2D eigenvalue weighted by Crippen LogP contribution is -2.25. The van der Waals surface area contributed by atoms with Crippen LogP contribution < -0.4 is 10.2 Å². The summed E-state index contributed by atoms with van der Waals surface area (Å²) in [7, 11) is 2.19. The summed E-state index contributed by atoms with van der Waals surface area (Å²) in [5, 5.41) is 7.74. The molecule has 21 heavy (non-hydrogen) atoms. The lowest BCUT2D eigenvalue weighted by atomic mass is 9.99. The van der Waals surface area contributed by atoms with Crippen LogP contribution in [0.1, 0.15) is 24.0 Å². The first-order valence-electron chi connectivity index (χ1n) is 7.84. The molecule has 4 heteroatoms. The van der Waals surface area contributed by atoms with Gasteiger partial charge in [-0.15, -0.1) is 0 Å². The van der Waals surface area contributed by atoms with E-state index >= 15 is 0 Å². The molecule has 1 aromatic heterocycles. The van der Waals surface area contributed by atoms with E-state index in [1.165, 1.54) is 36.2 Å². The summed E-state index contributed by atoms with van der Waals surface area (Å²) < 4.78 is 1.98. The Morgan fingerprint density at radius 2 is 2.29 bits per heavy atom. The average Bonchev–Trinajstić information content (AvgIpc) is 3.00. The van der Waals surface area contributed by atoms with Gasteiger partial charge in [0.15, 0.2) is 0 Å². The summed E-state index contributed by atoms with van der Waals surface area (Å²) in [4.78, 5) is 2.36. The standard InChI is InChI=1S/C17H24N4/c1-20-10-2-5-16-13-15(6-7-17(16)20)14-18-8-3-11-21-12-4-9-19-21/h4,6-7,9,12-13,18H,2-3,5,8,10-11,14H2,1H3.